The van der Waals surface area contributed by atoms with Crippen molar-refractivity contribution in [1.29, 1.82) is 0 Å². The van der Waals surface area contributed by atoms with Crippen LogP contribution in [0.15, 0.2) is 12.5 Å². The first-order chi connectivity index (χ1) is 7.32. The Bertz CT molecular complexity index is 359. The molecule has 0 aliphatic carbocycles. The molecule has 1 unspecified atom stereocenters. The summed E-state index contributed by atoms with van der Waals surface area (Å²) in [6, 6.07) is 0.201. The van der Waals surface area contributed by atoms with Gasteiger partial charge in [0.1, 0.15) is 5.60 Å². The minimum absolute atomic E-state index is 0.161. The Morgan fingerprint density at radius 2 is 2.47 bits per heavy atom. The molecule has 1 spiro atoms. The highest BCUT2D eigenvalue weighted by Crippen LogP contribution is 2.37. The highest BCUT2D eigenvalue weighted by Gasteiger charge is 2.50. The molecule has 2 aliphatic heterocycles. The zero-order valence-electron chi connectivity index (χ0n) is 8.77. The molecule has 3 heterocycles. The molecule has 1 N–H and O–H groups in total. The smallest absolute Gasteiger partial charge is 0.135 e. The van der Waals surface area contributed by atoms with Crippen molar-refractivity contribution in [2.45, 2.75) is 11.6 Å². The molecule has 0 radical (unpaired) electrons. The highest BCUT2D eigenvalue weighted by atomic mass is 16.6. The van der Waals surface area contributed by atoms with Crippen molar-refractivity contribution in [3.05, 3.63) is 18.2 Å². The number of nitrogens with zero attached hydrogens (tertiary/aromatic N) is 2. The van der Waals surface area contributed by atoms with Gasteiger partial charge in [0.2, 0.25) is 0 Å². The van der Waals surface area contributed by atoms with E-state index in [2.05, 4.69) is 10.3 Å². The quantitative estimate of drug-likeness (QED) is 0.699. The Hall–Kier alpha value is -0.910. The number of rotatable bonds is 1. The van der Waals surface area contributed by atoms with Crippen molar-refractivity contribution >= 4 is 0 Å². The van der Waals surface area contributed by atoms with Crippen LogP contribution in [0.4, 0.5) is 0 Å². The van der Waals surface area contributed by atoms with E-state index in [0.717, 1.165) is 18.8 Å². The van der Waals surface area contributed by atoms with Gasteiger partial charge in [0.05, 0.1) is 37.9 Å². The maximum absolute atomic E-state index is 5.86. The van der Waals surface area contributed by atoms with Crippen LogP contribution in [0, 0.1) is 0 Å². The molecule has 0 bridgehead atoms. The van der Waals surface area contributed by atoms with E-state index < -0.39 is 0 Å². The SMILES string of the molecule is Cn1cncc1C1NCCOC12COC2. The van der Waals surface area contributed by atoms with Gasteiger partial charge in [-0.15, -0.1) is 0 Å². The van der Waals surface area contributed by atoms with Crippen LogP contribution in [0.25, 0.3) is 0 Å². The molecular formula is C10H15N3O2. The van der Waals surface area contributed by atoms with Gasteiger partial charge in [-0.05, 0) is 0 Å². The van der Waals surface area contributed by atoms with Crippen molar-refractivity contribution in [2.75, 3.05) is 26.4 Å². The zero-order valence-corrected chi connectivity index (χ0v) is 8.77. The fourth-order valence-corrected chi connectivity index (χ4v) is 2.30. The van der Waals surface area contributed by atoms with Crippen LogP contribution in [-0.2, 0) is 16.5 Å². The van der Waals surface area contributed by atoms with Crippen molar-refractivity contribution < 1.29 is 9.47 Å². The van der Waals surface area contributed by atoms with Gasteiger partial charge in [-0.25, -0.2) is 4.98 Å². The van der Waals surface area contributed by atoms with Crippen LogP contribution in [0.2, 0.25) is 0 Å². The number of ether oxygens (including phenoxy) is 2. The Morgan fingerprint density at radius 3 is 3.07 bits per heavy atom. The predicted octanol–water partition coefficient (Wildman–Crippen LogP) is -0.150. The van der Waals surface area contributed by atoms with Crippen molar-refractivity contribution in [2.24, 2.45) is 7.05 Å². The zero-order chi connectivity index (χ0) is 10.3. The molecule has 2 aliphatic rings. The molecule has 5 nitrogen and oxygen atoms in total. The standard InChI is InChI=1S/C10H15N3O2/c1-13-7-11-4-8(13)9-10(5-14-6-10)15-3-2-12-9/h4,7,9,12H,2-3,5-6H2,1H3. The van der Waals surface area contributed by atoms with Gasteiger partial charge in [-0.3, -0.25) is 0 Å². The summed E-state index contributed by atoms with van der Waals surface area (Å²) in [5, 5.41) is 3.49. The molecule has 0 saturated carbocycles. The second-order valence-electron chi connectivity index (χ2n) is 4.22. The highest BCUT2D eigenvalue weighted by molar-refractivity contribution is 5.15. The summed E-state index contributed by atoms with van der Waals surface area (Å²) < 4.78 is 13.2. The van der Waals surface area contributed by atoms with Gasteiger partial charge < -0.3 is 19.4 Å². The van der Waals surface area contributed by atoms with E-state index in [1.807, 2.05) is 24.1 Å². The van der Waals surface area contributed by atoms with Crippen molar-refractivity contribution in [1.82, 2.24) is 14.9 Å². The maximum Gasteiger partial charge on any atom is 0.135 e. The van der Waals surface area contributed by atoms with E-state index in [9.17, 15) is 0 Å². The average Bonchev–Trinajstić information content (AvgIpc) is 2.62. The number of nitrogens with one attached hydrogen (secondary N) is 1. The van der Waals surface area contributed by atoms with Gasteiger partial charge in [0.15, 0.2) is 0 Å². The normalized spacial score (nSPS) is 29.0. The molecule has 15 heavy (non-hydrogen) atoms. The van der Waals surface area contributed by atoms with Crippen LogP contribution in [-0.4, -0.2) is 41.5 Å². The molecule has 1 aromatic rings. The predicted molar refractivity (Wildman–Crippen MR) is 53.5 cm³/mol. The van der Waals surface area contributed by atoms with E-state index >= 15 is 0 Å². The summed E-state index contributed by atoms with van der Waals surface area (Å²) in [7, 11) is 2.01. The monoisotopic (exact) mass is 209 g/mol. The Morgan fingerprint density at radius 1 is 1.60 bits per heavy atom. The lowest BCUT2D eigenvalue weighted by Gasteiger charge is -2.49. The number of hydrogen-bond donors (Lipinski definition) is 1. The largest absolute Gasteiger partial charge is 0.375 e. The summed E-state index contributed by atoms with van der Waals surface area (Å²) in [5.41, 5.74) is 1.00. The van der Waals surface area contributed by atoms with Gasteiger partial charge in [-0.2, -0.15) is 0 Å². The topological polar surface area (TPSA) is 48.3 Å². The first-order valence-corrected chi connectivity index (χ1v) is 5.23. The number of morpholine rings is 1. The molecule has 2 fully saturated rings. The van der Waals surface area contributed by atoms with Crippen LogP contribution in [0.1, 0.15) is 11.7 Å². The second kappa shape index (κ2) is 3.30. The molecular weight excluding hydrogens is 194 g/mol. The lowest BCUT2D eigenvalue weighted by Crippen LogP contribution is -2.63. The third-order valence-electron chi connectivity index (χ3n) is 3.21. The lowest BCUT2D eigenvalue weighted by atomic mass is 9.88. The van der Waals surface area contributed by atoms with Gasteiger partial charge >= 0.3 is 0 Å². The van der Waals surface area contributed by atoms with Gasteiger partial charge in [0.25, 0.3) is 0 Å². The molecule has 1 atom stereocenters. The van der Waals surface area contributed by atoms with E-state index in [1.54, 1.807) is 0 Å². The molecule has 0 aromatic carbocycles. The molecule has 2 saturated heterocycles. The number of aryl methyl sites for hydroxylation is 1. The van der Waals surface area contributed by atoms with E-state index in [1.165, 1.54) is 0 Å². The average molecular weight is 209 g/mol. The second-order valence-corrected chi connectivity index (χ2v) is 4.22. The summed E-state index contributed by atoms with van der Waals surface area (Å²) in [6.45, 7) is 3.00. The van der Waals surface area contributed by atoms with Gasteiger partial charge in [-0.1, -0.05) is 0 Å². The number of aromatic nitrogens is 2. The summed E-state index contributed by atoms with van der Waals surface area (Å²) in [6.07, 6.45) is 3.71. The van der Waals surface area contributed by atoms with E-state index in [-0.39, 0.29) is 11.6 Å². The summed E-state index contributed by atoms with van der Waals surface area (Å²) in [5.74, 6) is 0. The first-order valence-electron chi connectivity index (χ1n) is 5.23. The lowest BCUT2D eigenvalue weighted by molar-refractivity contribution is -0.239. The molecule has 5 heteroatoms. The molecule has 1 aromatic heterocycles. The Kier molecular flexibility index (Phi) is 2.05. The molecule has 82 valence electrons. The van der Waals surface area contributed by atoms with Gasteiger partial charge in [0, 0.05) is 19.8 Å². The number of hydrogen-bond acceptors (Lipinski definition) is 4. The third-order valence-corrected chi connectivity index (χ3v) is 3.21. The summed E-state index contributed by atoms with van der Waals surface area (Å²) in [4.78, 5) is 4.15. The minimum atomic E-state index is -0.161. The van der Waals surface area contributed by atoms with Crippen LogP contribution in [0.5, 0.6) is 0 Å². The van der Waals surface area contributed by atoms with E-state index in [0.29, 0.717) is 13.2 Å². The van der Waals surface area contributed by atoms with E-state index in [4.69, 9.17) is 9.47 Å². The van der Waals surface area contributed by atoms with Crippen LogP contribution in [0.3, 0.4) is 0 Å². The number of imidazole rings is 1. The molecule has 3 rings (SSSR count). The third kappa shape index (κ3) is 1.31. The minimum Gasteiger partial charge on any atom is -0.375 e. The van der Waals surface area contributed by atoms with Crippen LogP contribution >= 0.6 is 0 Å². The Labute approximate surface area is 88.4 Å². The molecule has 0 amide bonds. The maximum atomic E-state index is 5.86. The fraction of sp³-hybridized carbons (Fsp3) is 0.700. The first kappa shape index (κ1) is 9.33. The summed E-state index contributed by atoms with van der Waals surface area (Å²) >= 11 is 0. The fourth-order valence-electron chi connectivity index (χ4n) is 2.30. The van der Waals surface area contributed by atoms with Crippen molar-refractivity contribution in [3.63, 3.8) is 0 Å². The van der Waals surface area contributed by atoms with Crippen molar-refractivity contribution in [3.8, 4) is 0 Å². The Balaban J connectivity index is 1.92. The van der Waals surface area contributed by atoms with Crippen LogP contribution < -0.4 is 5.32 Å².